The molecule has 7 atom stereocenters. The maximum absolute atomic E-state index is 12.1. The fourth-order valence-corrected chi connectivity index (χ4v) is 10.1. The number of methoxy groups -OCH3 is 2. The first-order valence-electron chi connectivity index (χ1n) is 12.8. The number of carbonyl (C=O) groups is 1. The average Bonchev–Trinajstić information content (AvgIpc) is 3.31. The molecule has 31 heavy (non-hydrogen) atoms. The molecule has 0 bridgehead atoms. The van der Waals surface area contributed by atoms with Crippen molar-refractivity contribution in [2.24, 2.45) is 38.9 Å². The molecule has 5 aliphatic carbocycles. The normalized spacial score (nSPS) is 48.2. The van der Waals surface area contributed by atoms with E-state index >= 15 is 0 Å². The number of fused-ring (bicyclic) bond motifs is 1. The van der Waals surface area contributed by atoms with Crippen LogP contribution in [0.2, 0.25) is 0 Å². The molecular formula is C28H44O3. The molecule has 5 rings (SSSR count). The van der Waals surface area contributed by atoms with E-state index in [2.05, 4.69) is 34.6 Å². The Balaban J connectivity index is 1.50. The van der Waals surface area contributed by atoms with Crippen LogP contribution in [0, 0.1) is 38.9 Å². The third-order valence-electron chi connectivity index (χ3n) is 12.3. The van der Waals surface area contributed by atoms with E-state index in [-0.39, 0.29) is 22.2 Å². The van der Waals surface area contributed by atoms with Crippen LogP contribution in [0.4, 0.5) is 0 Å². The van der Waals surface area contributed by atoms with Gasteiger partial charge in [0.25, 0.3) is 0 Å². The number of allylic oxidation sites excluding steroid dienone is 2. The van der Waals surface area contributed by atoms with Crippen molar-refractivity contribution in [1.82, 2.24) is 0 Å². The molecule has 2 spiro atoms. The SMILES string of the molecule is COC(=O)C[C@@H](C)[C@]1(C)CCC2=C3CC[C@H]4C(C)(C)[C@H](OC)CCC45C[C@@]35CC[C@@]21C. The molecule has 3 nitrogen and oxygen atoms in total. The summed E-state index contributed by atoms with van der Waals surface area (Å²) in [5.74, 6) is 1.11. The number of hydrogen-bond acceptors (Lipinski definition) is 3. The van der Waals surface area contributed by atoms with Crippen molar-refractivity contribution < 1.29 is 14.3 Å². The van der Waals surface area contributed by atoms with E-state index in [1.165, 1.54) is 64.9 Å². The van der Waals surface area contributed by atoms with Gasteiger partial charge >= 0.3 is 5.97 Å². The Hall–Kier alpha value is -0.830. The van der Waals surface area contributed by atoms with Crippen LogP contribution in [0.25, 0.3) is 0 Å². The summed E-state index contributed by atoms with van der Waals surface area (Å²) in [6.45, 7) is 12.3. The van der Waals surface area contributed by atoms with Crippen LogP contribution in [0.3, 0.4) is 0 Å². The second kappa shape index (κ2) is 6.61. The first-order valence-corrected chi connectivity index (χ1v) is 12.8. The molecule has 0 aromatic rings. The molecule has 4 saturated carbocycles. The molecule has 0 aliphatic heterocycles. The second-order valence-corrected chi connectivity index (χ2v) is 13.0. The zero-order valence-corrected chi connectivity index (χ0v) is 21.0. The summed E-state index contributed by atoms with van der Waals surface area (Å²) in [4.78, 5) is 12.1. The van der Waals surface area contributed by atoms with Gasteiger partial charge in [0.1, 0.15) is 0 Å². The quantitative estimate of drug-likeness (QED) is 0.369. The van der Waals surface area contributed by atoms with E-state index in [1.54, 1.807) is 0 Å². The van der Waals surface area contributed by atoms with Crippen molar-refractivity contribution in [1.29, 1.82) is 0 Å². The molecule has 1 unspecified atom stereocenters. The molecular weight excluding hydrogens is 384 g/mol. The predicted molar refractivity (Wildman–Crippen MR) is 124 cm³/mol. The molecule has 0 heterocycles. The van der Waals surface area contributed by atoms with Gasteiger partial charge in [-0.25, -0.2) is 0 Å². The van der Waals surface area contributed by atoms with Gasteiger partial charge in [-0.2, -0.15) is 0 Å². The monoisotopic (exact) mass is 428 g/mol. The van der Waals surface area contributed by atoms with Gasteiger partial charge < -0.3 is 9.47 Å². The highest BCUT2D eigenvalue weighted by molar-refractivity contribution is 5.69. The van der Waals surface area contributed by atoms with Gasteiger partial charge in [0.15, 0.2) is 0 Å². The van der Waals surface area contributed by atoms with Crippen LogP contribution in [-0.4, -0.2) is 26.3 Å². The van der Waals surface area contributed by atoms with E-state index in [1.807, 2.05) is 18.3 Å². The Morgan fingerprint density at radius 1 is 1.00 bits per heavy atom. The lowest BCUT2D eigenvalue weighted by Gasteiger charge is -2.57. The molecule has 0 amide bonds. The molecule has 0 saturated heterocycles. The van der Waals surface area contributed by atoms with Crippen molar-refractivity contribution in [3.63, 3.8) is 0 Å². The minimum atomic E-state index is -0.0514. The van der Waals surface area contributed by atoms with E-state index in [4.69, 9.17) is 9.47 Å². The highest BCUT2D eigenvalue weighted by atomic mass is 16.5. The molecule has 5 aliphatic rings. The standard InChI is InChI=1S/C28H44O3/c1-18(16-23(29)31-7)25(4)12-10-19-20-8-9-21-24(2,3)22(30-6)11-13-28(21)17-27(20,28)15-14-26(19,25)5/h18,21-22H,8-17H2,1-7H3/t18-,21+,22-,25+,26+,27+,28?/m1/s1. The van der Waals surface area contributed by atoms with Gasteiger partial charge in [0.05, 0.1) is 13.2 Å². The zero-order chi connectivity index (χ0) is 22.4. The van der Waals surface area contributed by atoms with Crippen LogP contribution >= 0.6 is 0 Å². The summed E-state index contributed by atoms with van der Waals surface area (Å²) >= 11 is 0. The number of rotatable bonds is 4. The Morgan fingerprint density at radius 3 is 2.42 bits per heavy atom. The second-order valence-electron chi connectivity index (χ2n) is 13.0. The van der Waals surface area contributed by atoms with Crippen molar-refractivity contribution in [3.05, 3.63) is 11.1 Å². The summed E-state index contributed by atoms with van der Waals surface area (Å²) < 4.78 is 11.0. The molecule has 0 N–H and O–H groups in total. The molecule has 0 aromatic heterocycles. The number of carbonyl (C=O) groups excluding carboxylic acids is 1. The molecule has 0 radical (unpaired) electrons. The van der Waals surface area contributed by atoms with Crippen molar-refractivity contribution >= 4 is 5.97 Å². The van der Waals surface area contributed by atoms with E-state index < -0.39 is 0 Å². The molecule has 4 fully saturated rings. The van der Waals surface area contributed by atoms with E-state index in [0.29, 0.717) is 29.3 Å². The molecule has 174 valence electrons. The highest BCUT2D eigenvalue weighted by Gasteiger charge is 2.78. The lowest BCUT2D eigenvalue weighted by molar-refractivity contribution is -0.143. The third kappa shape index (κ3) is 2.48. The predicted octanol–water partition coefficient (Wildman–Crippen LogP) is 6.70. The Bertz CT molecular complexity index is 826. The Labute approximate surface area is 189 Å². The van der Waals surface area contributed by atoms with Gasteiger partial charge in [-0.15, -0.1) is 0 Å². The highest BCUT2D eigenvalue weighted by Crippen LogP contribution is 2.86. The average molecular weight is 429 g/mol. The van der Waals surface area contributed by atoms with Gasteiger partial charge in [0.2, 0.25) is 0 Å². The largest absolute Gasteiger partial charge is 0.469 e. The number of hydrogen-bond donors (Lipinski definition) is 0. The van der Waals surface area contributed by atoms with Crippen LogP contribution in [0.1, 0.15) is 98.8 Å². The van der Waals surface area contributed by atoms with Crippen molar-refractivity contribution in [3.8, 4) is 0 Å². The smallest absolute Gasteiger partial charge is 0.305 e. The van der Waals surface area contributed by atoms with E-state index in [9.17, 15) is 4.79 Å². The fourth-order valence-electron chi connectivity index (χ4n) is 10.1. The van der Waals surface area contributed by atoms with Gasteiger partial charge in [0, 0.05) is 13.5 Å². The van der Waals surface area contributed by atoms with Gasteiger partial charge in [-0.05, 0) is 96.7 Å². The molecule has 3 heteroatoms. The Morgan fingerprint density at radius 2 is 1.74 bits per heavy atom. The lowest BCUT2D eigenvalue weighted by atomic mass is 9.48. The zero-order valence-electron chi connectivity index (χ0n) is 21.0. The van der Waals surface area contributed by atoms with Crippen LogP contribution < -0.4 is 0 Å². The lowest BCUT2D eigenvalue weighted by Crippen LogP contribution is -2.51. The summed E-state index contributed by atoms with van der Waals surface area (Å²) in [7, 11) is 3.44. The van der Waals surface area contributed by atoms with Crippen molar-refractivity contribution in [2.45, 2.75) is 105 Å². The first-order chi connectivity index (χ1) is 14.5. The van der Waals surface area contributed by atoms with Crippen LogP contribution in [0.15, 0.2) is 11.1 Å². The Kier molecular flexibility index (Phi) is 4.69. The minimum absolute atomic E-state index is 0.0514. The van der Waals surface area contributed by atoms with Gasteiger partial charge in [-0.1, -0.05) is 45.8 Å². The minimum Gasteiger partial charge on any atom is -0.469 e. The van der Waals surface area contributed by atoms with Crippen LogP contribution in [0.5, 0.6) is 0 Å². The summed E-state index contributed by atoms with van der Waals surface area (Å²) in [5.41, 5.74) is 5.47. The number of ether oxygens (including phenoxy) is 2. The van der Waals surface area contributed by atoms with Crippen LogP contribution in [-0.2, 0) is 14.3 Å². The van der Waals surface area contributed by atoms with Gasteiger partial charge in [-0.3, -0.25) is 4.79 Å². The summed E-state index contributed by atoms with van der Waals surface area (Å²) in [6.07, 6.45) is 12.8. The summed E-state index contributed by atoms with van der Waals surface area (Å²) in [5, 5.41) is 0. The third-order valence-corrected chi connectivity index (χ3v) is 12.3. The fraction of sp³-hybridized carbons (Fsp3) is 0.893. The number of esters is 1. The van der Waals surface area contributed by atoms with E-state index in [0.717, 1.165) is 5.92 Å². The molecule has 0 aromatic carbocycles. The first kappa shape index (κ1) is 22.0. The van der Waals surface area contributed by atoms with Crippen molar-refractivity contribution in [2.75, 3.05) is 14.2 Å². The maximum atomic E-state index is 12.1. The topological polar surface area (TPSA) is 35.5 Å². The summed E-state index contributed by atoms with van der Waals surface area (Å²) in [6, 6.07) is 0. The maximum Gasteiger partial charge on any atom is 0.305 e.